The fourth-order valence-corrected chi connectivity index (χ4v) is 3.39. The zero-order valence-electron chi connectivity index (χ0n) is 17.1. The van der Waals surface area contributed by atoms with Crippen LogP contribution in [0.15, 0.2) is 29.2 Å². The van der Waals surface area contributed by atoms with Gasteiger partial charge in [-0.2, -0.15) is 5.10 Å². The number of piperidine rings is 1. The van der Waals surface area contributed by atoms with Gasteiger partial charge in [-0.1, -0.05) is 34.6 Å². The van der Waals surface area contributed by atoms with Crippen molar-refractivity contribution in [3.8, 4) is 0 Å². The van der Waals surface area contributed by atoms with Crippen molar-refractivity contribution in [3.63, 3.8) is 0 Å². The first kappa shape index (κ1) is 19.5. The van der Waals surface area contributed by atoms with E-state index < -0.39 is 0 Å². The van der Waals surface area contributed by atoms with E-state index >= 15 is 0 Å². The summed E-state index contributed by atoms with van der Waals surface area (Å²) in [4.78, 5) is 23.6. The molecule has 6 heteroatoms. The molecule has 0 spiro atoms. The van der Waals surface area contributed by atoms with Crippen LogP contribution in [0.3, 0.4) is 0 Å². The molecular formula is C21H31N5O. The van der Waals surface area contributed by atoms with Gasteiger partial charge < -0.3 is 4.90 Å². The summed E-state index contributed by atoms with van der Waals surface area (Å²) in [5.41, 5.74) is 0.893. The average Bonchev–Trinajstić information content (AvgIpc) is 2.63. The van der Waals surface area contributed by atoms with Crippen LogP contribution in [0.5, 0.6) is 0 Å². The predicted molar refractivity (Wildman–Crippen MR) is 108 cm³/mol. The highest BCUT2D eigenvalue weighted by molar-refractivity contribution is 5.38. The van der Waals surface area contributed by atoms with Crippen molar-refractivity contribution in [1.29, 1.82) is 0 Å². The Morgan fingerprint density at radius 3 is 2.48 bits per heavy atom. The summed E-state index contributed by atoms with van der Waals surface area (Å²) in [6.07, 6.45) is 3.93. The Morgan fingerprint density at radius 2 is 1.85 bits per heavy atom. The fraction of sp³-hybridized carbons (Fsp3) is 0.619. The molecule has 0 aliphatic carbocycles. The van der Waals surface area contributed by atoms with Crippen molar-refractivity contribution in [3.05, 3.63) is 46.3 Å². The summed E-state index contributed by atoms with van der Waals surface area (Å²) in [6, 6.07) is 5.49. The van der Waals surface area contributed by atoms with Crippen LogP contribution >= 0.6 is 0 Å². The maximum absolute atomic E-state index is 12.2. The Labute approximate surface area is 161 Å². The first-order valence-corrected chi connectivity index (χ1v) is 9.90. The van der Waals surface area contributed by atoms with Gasteiger partial charge in [0.05, 0.1) is 5.69 Å². The molecule has 2 aromatic rings. The number of rotatable bonds is 4. The molecule has 1 aliphatic rings. The molecule has 1 aliphatic heterocycles. The third kappa shape index (κ3) is 4.73. The monoisotopic (exact) mass is 369 g/mol. The van der Waals surface area contributed by atoms with E-state index in [2.05, 4.69) is 49.6 Å². The van der Waals surface area contributed by atoms with Crippen LogP contribution in [0.1, 0.15) is 64.9 Å². The van der Waals surface area contributed by atoms with E-state index in [4.69, 9.17) is 4.98 Å². The topological polar surface area (TPSA) is 63.9 Å². The molecule has 1 fully saturated rings. The minimum Gasteiger partial charge on any atom is -0.356 e. The Kier molecular flexibility index (Phi) is 5.63. The fourth-order valence-electron chi connectivity index (χ4n) is 3.39. The maximum Gasteiger partial charge on any atom is 0.266 e. The van der Waals surface area contributed by atoms with Crippen molar-refractivity contribution in [2.24, 2.45) is 5.92 Å². The molecule has 2 aromatic heterocycles. The Bertz CT molecular complexity index is 829. The van der Waals surface area contributed by atoms with E-state index in [1.165, 1.54) is 0 Å². The third-order valence-electron chi connectivity index (χ3n) is 5.18. The lowest BCUT2D eigenvalue weighted by atomic mass is 9.92. The van der Waals surface area contributed by atoms with Crippen LogP contribution in [-0.4, -0.2) is 32.8 Å². The first-order chi connectivity index (χ1) is 12.7. The summed E-state index contributed by atoms with van der Waals surface area (Å²) >= 11 is 0. The number of aromatic nitrogens is 4. The molecule has 0 aromatic carbocycles. The molecule has 3 heterocycles. The Hall–Kier alpha value is -2.24. The second-order valence-corrected chi connectivity index (χ2v) is 8.85. The molecular weight excluding hydrogens is 338 g/mol. The predicted octanol–water partition coefficient (Wildman–Crippen LogP) is 3.37. The summed E-state index contributed by atoms with van der Waals surface area (Å²) in [7, 11) is 0. The van der Waals surface area contributed by atoms with Gasteiger partial charge in [-0.05, 0) is 30.9 Å². The quantitative estimate of drug-likeness (QED) is 0.827. The van der Waals surface area contributed by atoms with Crippen LogP contribution in [0, 0.1) is 5.92 Å². The molecule has 146 valence electrons. The molecule has 0 amide bonds. The molecule has 27 heavy (non-hydrogen) atoms. The SMILES string of the molecule is CC(C)c1nccc(N2CCC(Cn3nc(C(C)(C)C)ccc3=O)CC2)n1. The van der Waals surface area contributed by atoms with E-state index in [0.717, 1.165) is 43.3 Å². The van der Waals surface area contributed by atoms with Gasteiger partial charge in [-0.25, -0.2) is 14.6 Å². The van der Waals surface area contributed by atoms with Gasteiger partial charge in [-0.15, -0.1) is 0 Å². The zero-order chi connectivity index (χ0) is 19.6. The average molecular weight is 370 g/mol. The highest BCUT2D eigenvalue weighted by atomic mass is 16.1. The van der Waals surface area contributed by atoms with Crippen LogP contribution in [0.4, 0.5) is 5.82 Å². The summed E-state index contributed by atoms with van der Waals surface area (Å²) in [5.74, 6) is 2.70. The minimum absolute atomic E-state index is 0.0113. The van der Waals surface area contributed by atoms with Gasteiger partial charge >= 0.3 is 0 Å². The largest absolute Gasteiger partial charge is 0.356 e. The van der Waals surface area contributed by atoms with Crippen molar-refractivity contribution in [2.45, 2.75) is 65.3 Å². The highest BCUT2D eigenvalue weighted by Gasteiger charge is 2.23. The molecule has 0 atom stereocenters. The first-order valence-electron chi connectivity index (χ1n) is 9.90. The lowest BCUT2D eigenvalue weighted by molar-refractivity contribution is 0.329. The third-order valence-corrected chi connectivity index (χ3v) is 5.18. The van der Waals surface area contributed by atoms with Gasteiger partial charge in [0.15, 0.2) is 0 Å². The van der Waals surface area contributed by atoms with E-state index in [-0.39, 0.29) is 11.0 Å². The molecule has 0 radical (unpaired) electrons. The standard InChI is InChI=1S/C21H31N5O/c1-15(2)20-22-11-8-18(23-20)25-12-9-16(10-13-25)14-26-19(27)7-6-17(24-26)21(3,4)5/h6-8,11,15-16H,9-10,12-14H2,1-5H3. The minimum atomic E-state index is -0.0556. The smallest absolute Gasteiger partial charge is 0.266 e. The molecule has 0 N–H and O–H groups in total. The number of nitrogens with zero attached hydrogens (tertiary/aromatic N) is 5. The Balaban J connectivity index is 1.65. The van der Waals surface area contributed by atoms with Crippen LogP contribution < -0.4 is 10.5 Å². The molecule has 0 bridgehead atoms. The second kappa shape index (κ2) is 7.79. The van der Waals surface area contributed by atoms with Gasteiger partial charge in [0, 0.05) is 43.2 Å². The van der Waals surface area contributed by atoms with Gasteiger partial charge in [0.25, 0.3) is 5.56 Å². The van der Waals surface area contributed by atoms with E-state index in [1.54, 1.807) is 10.7 Å². The molecule has 3 rings (SSSR count). The van der Waals surface area contributed by atoms with Crippen molar-refractivity contribution in [1.82, 2.24) is 19.7 Å². The summed E-state index contributed by atoms with van der Waals surface area (Å²) < 4.78 is 1.66. The molecule has 0 unspecified atom stereocenters. The molecule has 6 nitrogen and oxygen atoms in total. The molecule has 1 saturated heterocycles. The van der Waals surface area contributed by atoms with Crippen LogP contribution in [0.25, 0.3) is 0 Å². The second-order valence-electron chi connectivity index (χ2n) is 8.85. The number of hydrogen-bond acceptors (Lipinski definition) is 5. The van der Waals surface area contributed by atoms with Crippen molar-refractivity contribution < 1.29 is 0 Å². The van der Waals surface area contributed by atoms with E-state index in [9.17, 15) is 4.79 Å². The van der Waals surface area contributed by atoms with Crippen LogP contribution in [0.2, 0.25) is 0 Å². The highest BCUT2D eigenvalue weighted by Crippen LogP contribution is 2.24. The number of anilines is 1. The van der Waals surface area contributed by atoms with Gasteiger partial charge in [-0.3, -0.25) is 4.79 Å². The van der Waals surface area contributed by atoms with Crippen molar-refractivity contribution in [2.75, 3.05) is 18.0 Å². The van der Waals surface area contributed by atoms with Crippen LogP contribution in [-0.2, 0) is 12.0 Å². The lowest BCUT2D eigenvalue weighted by Crippen LogP contribution is -2.37. The molecule has 0 saturated carbocycles. The Morgan fingerprint density at radius 1 is 1.15 bits per heavy atom. The summed E-state index contributed by atoms with van der Waals surface area (Å²) in [6.45, 7) is 13.2. The van der Waals surface area contributed by atoms with E-state index in [1.807, 2.05) is 18.3 Å². The van der Waals surface area contributed by atoms with Gasteiger partial charge in [0.2, 0.25) is 0 Å². The zero-order valence-corrected chi connectivity index (χ0v) is 17.1. The normalized spacial score (nSPS) is 16.1. The maximum atomic E-state index is 12.2. The number of hydrogen-bond donors (Lipinski definition) is 0. The van der Waals surface area contributed by atoms with Crippen molar-refractivity contribution >= 4 is 5.82 Å². The summed E-state index contributed by atoms with van der Waals surface area (Å²) in [5, 5.41) is 4.62. The van der Waals surface area contributed by atoms with Gasteiger partial charge in [0.1, 0.15) is 11.6 Å². The van der Waals surface area contributed by atoms with E-state index in [0.29, 0.717) is 18.4 Å². The lowest BCUT2D eigenvalue weighted by Gasteiger charge is -2.33.